The Morgan fingerprint density at radius 1 is 1.23 bits per heavy atom. The van der Waals surface area contributed by atoms with Crippen LogP contribution in [-0.2, 0) is 4.79 Å². The maximum atomic E-state index is 13.8. The van der Waals surface area contributed by atoms with E-state index in [2.05, 4.69) is 20.5 Å². The lowest BCUT2D eigenvalue weighted by atomic mass is 10.1. The molecule has 0 spiro atoms. The lowest BCUT2D eigenvalue weighted by Gasteiger charge is -2.12. The van der Waals surface area contributed by atoms with Crippen molar-refractivity contribution in [2.24, 2.45) is 0 Å². The largest absolute Gasteiger partial charge is 0.325 e. The van der Waals surface area contributed by atoms with Gasteiger partial charge < -0.3 is 5.32 Å². The van der Waals surface area contributed by atoms with Crippen LogP contribution in [0.5, 0.6) is 0 Å². The highest BCUT2D eigenvalue weighted by atomic mass is 32.2. The van der Waals surface area contributed by atoms with Gasteiger partial charge in [0.05, 0.1) is 10.8 Å². The van der Waals surface area contributed by atoms with Gasteiger partial charge in [-0.15, -0.1) is 5.10 Å². The van der Waals surface area contributed by atoms with Crippen LogP contribution >= 0.6 is 11.8 Å². The number of carbonyl (C=O) groups is 1. The van der Waals surface area contributed by atoms with Crippen LogP contribution in [0.3, 0.4) is 0 Å². The monoisotopic (exact) mass is 370 g/mol. The van der Waals surface area contributed by atoms with E-state index in [0.717, 1.165) is 16.8 Å². The molecule has 0 bridgehead atoms. The molecule has 0 aliphatic carbocycles. The number of rotatable bonds is 5. The van der Waals surface area contributed by atoms with Gasteiger partial charge in [-0.2, -0.15) is 0 Å². The second-order valence-corrected chi connectivity index (χ2v) is 7.32. The van der Waals surface area contributed by atoms with Crippen molar-refractivity contribution >= 4 is 23.4 Å². The minimum Gasteiger partial charge on any atom is -0.325 e. The number of nitrogens with one attached hydrogen (secondary N) is 2. The number of hydrogen-bond acceptors (Lipinski definition) is 4. The van der Waals surface area contributed by atoms with Crippen LogP contribution in [0.1, 0.15) is 18.1 Å². The molecule has 0 saturated heterocycles. The number of hydrogen-bond donors (Lipinski definition) is 2. The third-order valence-corrected chi connectivity index (χ3v) is 4.86. The lowest BCUT2D eigenvalue weighted by Crippen LogP contribution is -2.23. The Morgan fingerprint density at radius 2 is 2.00 bits per heavy atom. The van der Waals surface area contributed by atoms with E-state index in [-0.39, 0.29) is 11.7 Å². The first-order valence-electron chi connectivity index (χ1n) is 8.16. The summed E-state index contributed by atoms with van der Waals surface area (Å²) in [6.45, 7) is 5.71. The summed E-state index contributed by atoms with van der Waals surface area (Å²) in [5.74, 6) is -0.172. The van der Waals surface area contributed by atoms with Crippen molar-refractivity contribution in [3.63, 3.8) is 0 Å². The molecule has 0 aliphatic heterocycles. The van der Waals surface area contributed by atoms with Crippen LogP contribution in [-0.4, -0.2) is 26.3 Å². The number of carbonyl (C=O) groups excluding carboxylic acids is 1. The first kappa shape index (κ1) is 18.1. The Bertz CT molecular complexity index is 941. The second kappa shape index (κ2) is 7.70. The lowest BCUT2D eigenvalue weighted by molar-refractivity contribution is -0.115. The predicted octanol–water partition coefficient (Wildman–Crippen LogP) is 4.35. The third-order valence-electron chi connectivity index (χ3n) is 3.90. The first-order chi connectivity index (χ1) is 12.4. The highest BCUT2D eigenvalue weighted by Gasteiger charge is 2.19. The topological polar surface area (TPSA) is 70.7 Å². The number of amides is 1. The van der Waals surface area contributed by atoms with Gasteiger partial charge >= 0.3 is 0 Å². The summed E-state index contributed by atoms with van der Waals surface area (Å²) < 4.78 is 13.8. The first-order valence-corrected chi connectivity index (χ1v) is 9.04. The fourth-order valence-electron chi connectivity index (χ4n) is 2.39. The van der Waals surface area contributed by atoms with Gasteiger partial charge in [-0.05, 0) is 50.1 Å². The number of thioether (sulfide) groups is 1. The average molecular weight is 370 g/mol. The van der Waals surface area contributed by atoms with Gasteiger partial charge in [0.1, 0.15) is 5.82 Å². The van der Waals surface area contributed by atoms with Gasteiger partial charge in [-0.3, -0.25) is 9.89 Å². The summed E-state index contributed by atoms with van der Waals surface area (Å²) >= 11 is 1.21. The molecular formula is C19H19FN4OS. The molecule has 0 saturated carbocycles. The molecule has 2 aromatic carbocycles. The molecular weight excluding hydrogens is 351 g/mol. The Balaban J connectivity index is 1.68. The number of aromatic amines is 1. The summed E-state index contributed by atoms with van der Waals surface area (Å²) in [4.78, 5) is 16.7. The van der Waals surface area contributed by atoms with Crippen LogP contribution in [0.2, 0.25) is 0 Å². The van der Waals surface area contributed by atoms with Crippen molar-refractivity contribution in [1.82, 2.24) is 15.2 Å². The zero-order chi connectivity index (χ0) is 18.7. The Labute approximate surface area is 155 Å². The zero-order valence-electron chi connectivity index (χ0n) is 14.7. The van der Waals surface area contributed by atoms with Crippen molar-refractivity contribution in [3.8, 4) is 11.4 Å². The van der Waals surface area contributed by atoms with E-state index < -0.39 is 5.25 Å². The van der Waals surface area contributed by atoms with Gasteiger partial charge in [-0.1, -0.05) is 36.0 Å². The van der Waals surface area contributed by atoms with E-state index in [9.17, 15) is 9.18 Å². The number of nitrogens with zero attached hydrogens (tertiary/aromatic N) is 2. The van der Waals surface area contributed by atoms with Crippen molar-refractivity contribution in [3.05, 3.63) is 59.4 Å². The molecule has 1 amide bonds. The SMILES string of the molecule is Cc1ccc(C)c(NC(=O)[C@H](C)Sc2n[nH]c(-c3ccccc3F)n2)c1. The molecule has 26 heavy (non-hydrogen) atoms. The number of benzene rings is 2. The molecule has 1 atom stereocenters. The number of anilines is 1. The summed E-state index contributed by atoms with van der Waals surface area (Å²) in [7, 11) is 0. The molecule has 0 unspecified atom stereocenters. The van der Waals surface area contributed by atoms with E-state index in [1.807, 2.05) is 32.0 Å². The summed E-state index contributed by atoms with van der Waals surface area (Å²) in [6.07, 6.45) is 0. The van der Waals surface area contributed by atoms with Crippen molar-refractivity contribution in [2.45, 2.75) is 31.2 Å². The summed E-state index contributed by atoms with van der Waals surface area (Å²) in [5.41, 5.74) is 3.22. The van der Waals surface area contributed by atoms with Crippen LogP contribution in [0, 0.1) is 19.7 Å². The van der Waals surface area contributed by atoms with Gasteiger partial charge in [-0.25, -0.2) is 9.37 Å². The van der Waals surface area contributed by atoms with E-state index in [4.69, 9.17) is 0 Å². The number of halogens is 1. The van der Waals surface area contributed by atoms with E-state index in [0.29, 0.717) is 16.5 Å². The zero-order valence-corrected chi connectivity index (χ0v) is 15.5. The van der Waals surface area contributed by atoms with E-state index in [1.165, 1.54) is 17.8 Å². The fraction of sp³-hybridized carbons (Fsp3) is 0.211. The molecule has 0 aliphatic rings. The average Bonchev–Trinajstić information content (AvgIpc) is 3.06. The van der Waals surface area contributed by atoms with Crippen LogP contribution < -0.4 is 5.32 Å². The van der Waals surface area contributed by atoms with Gasteiger partial charge in [0.15, 0.2) is 5.82 Å². The molecule has 5 nitrogen and oxygen atoms in total. The third kappa shape index (κ3) is 4.11. The van der Waals surface area contributed by atoms with Gasteiger partial charge in [0, 0.05) is 5.69 Å². The Kier molecular flexibility index (Phi) is 5.37. The molecule has 3 aromatic rings. The smallest absolute Gasteiger partial charge is 0.237 e. The summed E-state index contributed by atoms with van der Waals surface area (Å²) in [5, 5.41) is 9.72. The van der Waals surface area contributed by atoms with Crippen LogP contribution in [0.25, 0.3) is 11.4 Å². The molecule has 0 fully saturated rings. The van der Waals surface area contributed by atoms with E-state index in [1.54, 1.807) is 25.1 Å². The number of aromatic nitrogens is 3. The van der Waals surface area contributed by atoms with Gasteiger partial charge in [0.25, 0.3) is 0 Å². The number of aryl methyl sites for hydroxylation is 2. The summed E-state index contributed by atoms with van der Waals surface area (Å²) in [6, 6.07) is 12.2. The predicted molar refractivity (Wildman–Crippen MR) is 102 cm³/mol. The van der Waals surface area contributed by atoms with Crippen molar-refractivity contribution < 1.29 is 9.18 Å². The normalized spacial score (nSPS) is 12.0. The minimum absolute atomic E-state index is 0.138. The molecule has 134 valence electrons. The molecule has 1 aromatic heterocycles. The standard InChI is InChI=1S/C19H19FN4OS/c1-11-8-9-12(2)16(10-11)21-18(25)13(3)26-19-22-17(23-24-19)14-6-4-5-7-15(14)20/h4-10,13H,1-3H3,(H,21,25)(H,22,23,24)/t13-/m0/s1. The Hall–Kier alpha value is -2.67. The highest BCUT2D eigenvalue weighted by Crippen LogP contribution is 2.25. The maximum absolute atomic E-state index is 13.8. The quantitative estimate of drug-likeness (QED) is 0.655. The van der Waals surface area contributed by atoms with Crippen LogP contribution in [0.4, 0.5) is 10.1 Å². The fourth-order valence-corrected chi connectivity index (χ4v) is 3.11. The Morgan fingerprint density at radius 3 is 2.77 bits per heavy atom. The molecule has 3 rings (SSSR count). The molecule has 1 heterocycles. The number of H-pyrrole nitrogens is 1. The van der Waals surface area contributed by atoms with Gasteiger partial charge in [0.2, 0.25) is 11.1 Å². The second-order valence-electron chi connectivity index (χ2n) is 6.01. The van der Waals surface area contributed by atoms with E-state index >= 15 is 0 Å². The van der Waals surface area contributed by atoms with Crippen molar-refractivity contribution in [2.75, 3.05) is 5.32 Å². The molecule has 2 N–H and O–H groups in total. The maximum Gasteiger partial charge on any atom is 0.237 e. The highest BCUT2D eigenvalue weighted by molar-refractivity contribution is 8.00. The molecule has 0 radical (unpaired) electrons. The van der Waals surface area contributed by atoms with Crippen molar-refractivity contribution in [1.29, 1.82) is 0 Å². The van der Waals surface area contributed by atoms with Crippen LogP contribution in [0.15, 0.2) is 47.6 Å². The minimum atomic E-state index is -0.404. The molecule has 7 heteroatoms.